The summed E-state index contributed by atoms with van der Waals surface area (Å²) in [4.78, 5) is 25.9. The number of rotatable bonds is 0. The predicted octanol–water partition coefficient (Wildman–Crippen LogP) is 1.80. The molecule has 4 rings (SSSR count). The summed E-state index contributed by atoms with van der Waals surface area (Å²) in [5.74, 6) is -0.561. The topological polar surface area (TPSA) is 87.1 Å². The van der Waals surface area contributed by atoms with Gasteiger partial charge in [-0.2, -0.15) is 0 Å². The molecule has 3 saturated carbocycles. The first-order valence-electron chi connectivity index (χ1n) is 9.37. The Kier molecular flexibility index (Phi) is 3.49. The first-order chi connectivity index (χ1) is 11.6. The molecular weight excluding hydrogens is 320 g/mol. The first-order valence-corrected chi connectivity index (χ1v) is 9.37. The van der Waals surface area contributed by atoms with Crippen LogP contribution in [-0.2, 0) is 14.3 Å². The number of Topliss-reactive ketones (excluding diaryl/α,β-unsaturated/α-hetero) is 2. The molecule has 1 aliphatic heterocycles. The van der Waals surface area contributed by atoms with Gasteiger partial charge in [-0.1, -0.05) is 20.4 Å². The van der Waals surface area contributed by atoms with Crippen LogP contribution in [-0.4, -0.2) is 45.7 Å². The molecule has 5 heteroatoms. The first kappa shape index (κ1) is 17.4. The molecule has 1 saturated heterocycles. The maximum Gasteiger partial charge on any atom is 0.195 e. The number of epoxide rings is 1. The molecular formula is C20H28O5. The van der Waals surface area contributed by atoms with E-state index in [4.69, 9.17) is 4.74 Å². The van der Waals surface area contributed by atoms with Crippen molar-refractivity contribution in [3.8, 4) is 0 Å². The van der Waals surface area contributed by atoms with Crippen LogP contribution in [0.4, 0.5) is 0 Å². The van der Waals surface area contributed by atoms with Crippen LogP contribution in [0.25, 0.3) is 0 Å². The molecule has 0 aromatic carbocycles. The maximum atomic E-state index is 13.2. The molecule has 7 atom stereocenters. The summed E-state index contributed by atoms with van der Waals surface area (Å²) in [5.41, 5.74) is -1.77. The van der Waals surface area contributed by atoms with Gasteiger partial charge in [0.25, 0.3) is 0 Å². The quantitative estimate of drug-likeness (QED) is 0.515. The molecule has 138 valence electrons. The van der Waals surface area contributed by atoms with Gasteiger partial charge in [0.2, 0.25) is 0 Å². The number of carbonyl (C=O) groups is 2. The second-order valence-electron chi connectivity index (χ2n) is 9.38. The lowest BCUT2D eigenvalue weighted by atomic mass is 9.51. The van der Waals surface area contributed by atoms with Crippen LogP contribution in [0.2, 0.25) is 0 Å². The number of hydrogen-bond acceptors (Lipinski definition) is 5. The number of fused-ring (bicyclic) bond motifs is 1. The minimum absolute atomic E-state index is 0.0327. The molecule has 0 radical (unpaired) electrons. The Hall–Kier alpha value is -1.04. The SMILES string of the molecule is C=C1C(=O)[C@]23O[C@@H]2[C@@H]1CCC(=O)[C@]1(C)[C@H](O)CCC(C)(C)[C@H]1C[C@H]3O. The lowest BCUT2D eigenvalue weighted by molar-refractivity contribution is -0.159. The number of ether oxygens (including phenoxy) is 1. The van der Waals surface area contributed by atoms with Crippen molar-refractivity contribution in [3.63, 3.8) is 0 Å². The minimum Gasteiger partial charge on any atom is -0.392 e. The molecule has 0 aromatic heterocycles. The summed E-state index contributed by atoms with van der Waals surface area (Å²) in [6.07, 6.45) is 0.448. The van der Waals surface area contributed by atoms with Crippen LogP contribution in [0, 0.1) is 22.7 Å². The summed E-state index contributed by atoms with van der Waals surface area (Å²) in [6.45, 7) is 9.94. The van der Waals surface area contributed by atoms with Gasteiger partial charge in [-0.05, 0) is 49.5 Å². The highest BCUT2D eigenvalue weighted by Crippen LogP contribution is 2.61. The molecule has 4 aliphatic rings. The van der Waals surface area contributed by atoms with Crippen molar-refractivity contribution in [3.05, 3.63) is 12.2 Å². The average molecular weight is 348 g/mol. The van der Waals surface area contributed by atoms with Gasteiger partial charge in [-0.15, -0.1) is 0 Å². The predicted molar refractivity (Wildman–Crippen MR) is 90.7 cm³/mol. The van der Waals surface area contributed by atoms with Gasteiger partial charge in [-0.3, -0.25) is 9.59 Å². The monoisotopic (exact) mass is 348 g/mol. The molecule has 0 amide bonds. The third kappa shape index (κ3) is 2.00. The van der Waals surface area contributed by atoms with Crippen LogP contribution in [0.15, 0.2) is 12.2 Å². The van der Waals surface area contributed by atoms with E-state index in [-0.39, 0.29) is 41.3 Å². The third-order valence-electron chi connectivity index (χ3n) is 7.81. The van der Waals surface area contributed by atoms with Gasteiger partial charge in [0.05, 0.1) is 17.6 Å². The van der Waals surface area contributed by atoms with E-state index in [2.05, 4.69) is 20.4 Å². The fourth-order valence-corrected chi connectivity index (χ4v) is 6.01. The van der Waals surface area contributed by atoms with E-state index in [9.17, 15) is 19.8 Å². The van der Waals surface area contributed by atoms with Gasteiger partial charge in [-0.25, -0.2) is 0 Å². The Labute approximate surface area is 148 Å². The molecule has 2 bridgehead atoms. The number of carbonyl (C=O) groups excluding carboxylic acids is 2. The van der Waals surface area contributed by atoms with Gasteiger partial charge in [0.1, 0.15) is 11.9 Å². The lowest BCUT2D eigenvalue weighted by Gasteiger charge is -2.53. The van der Waals surface area contributed by atoms with E-state index in [1.807, 2.05) is 6.92 Å². The molecule has 0 aromatic rings. The van der Waals surface area contributed by atoms with Crippen LogP contribution >= 0.6 is 0 Å². The summed E-state index contributed by atoms with van der Waals surface area (Å²) in [6, 6.07) is 0. The second-order valence-corrected chi connectivity index (χ2v) is 9.38. The van der Waals surface area contributed by atoms with Crippen LogP contribution in [0.3, 0.4) is 0 Å². The molecule has 0 unspecified atom stereocenters. The van der Waals surface area contributed by atoms with Crippen LogP contribution < -0.4 is 0 Å². The average Bonchev–Trinajstić information content (AvgIpc) is 3.25. The number of ketones is 2. The Bertz CT molecular complexity index is 667. The van der Waals surface area contributed by atoms with E-state index >= 15 is 0 Å². The van der Waals surface area contributed by atoms with Crippen molar-refractivity contribution in [2.45, 2.75) is 76.8 Å². The zero-order chi connectivity index (χ0) is 18.4. The summed E-state index contributed by atoms with van der Waals surface area (Å²) in [5, 5.41) is 21.7. The van der Waals surface area contributed by atoms with Gasteiger partial charge in [0, 0.05) is 12.3 Å². The fraction of sp³-hybridized carbons (Fsp3) is 0.800. The highest BCUT2D eigenvalue weighted by molar-refractivity contribution is 6.08. The van der Waals surface area contributed by atoms with Crippen LogP contribution in [0.1, 0.15) is 52.9 Å². The van der Waals surface area contributed by atoms with E-state index in [0.717, 1.165) is 6.42 Å². The van der Waals surface area contributed by atoms with Gasteiger partial charge < -0.3 is 14.9 Å². The standard InChI is InChI=1S/C20H28O5/c1-10-11-5-6-13(21)19(4)12(18(2,3)8-7-14(19)22)9-15(23)20(16(10)24)17(11)25-20/h11-12,14-15,17,22-23H,1,5-9H2,2-4H3/t11-,12-,14-,15-,17-,19-,20+/m1/s1. The summed E-state index contributed by atoms with van der Waals surface area (Å²) >= 11 is 0. The Balaban J connectivity index is 1.79. The molecule has 25 heavy (non-hydrogen) atoms. The molecule has 5 nitrogen and oxygen atoms in total. The molecule has 3 aliphatic carbocycles. The zero-order valence-electron chi connectivity index (χ0n) is 15.2. The minimum atomic E-state index is -1.15. The smallest absolute Gasteiger partial charge is 0.195 e. The molecule has 0 spiro atoms. The van der Waals surface area contributed by atoms with E-state index in [1.54, 1.807) is 0 Å². The zero-order valence-corrected chi connectivity index (χ0v) is 15.2. The van der Waals surface area contributed by atoms with Crippen LogP contribution in [0.5, 0.6) is 0 Å². The van der Waals surface area contributed by atoms with E-state index in [1.165, 1.54) is 0 Å². The highest BCUT2D eigenvalue weighted by atomic mass is 16.6. The van der Waals surface area contributed by atoms with Crippen molar-refractivity contribution in [2.75, 3.05) is 0 Å². The molecule has 1 heterocycles. The fourth-order valence-electron chi connectivity index (χ4n) is 6.01. The van der Waals surface area contributed by atoms with Crippen molar-refractivity contribution in [1.82, 2.24) is 0 Å². The van der Waals surface area contributed by atoms with Crippen molar-refractivity contribution < 1.29 is 24.5 Å². The Morgan fingerprint density at radius 1 is 1.12 bits per heavy atom. The van der Waals surface area contributed by atoms with Crippen molar-refractivity contribution in [2.24, 2.45) is 22.7 Å². The van der Waals surface area contributed by atoms with Crippen molar-refractivity contribution in [1.29, 1.82) is 0 Å². The third-order valence-corrected chi connectivity index (χ3v) is 7.81. The Morgan fingerprint density at radius 2 is 1.80 bits per heavy atom. The number of aliphatic hydroxyl groups is 2. The van der Waals surface area contributed by atoms with Gasteiger partial charge >= 0.3 is 0 Å². The number of hydrogen-bond donors (Lipinski definition) is 2. The second kappa shape index (κ2) is 5.02. The highest BCUT2D eigenvalue weighted by Gasteiger charge is 2.75. The van der Waals surface area contributed by atoms with Crippen molar-refractivity contribution >= 4 is 11.6 Å². The normalized spacial score (nSPS) is 51.7. The van der Waals surface area contributed by atoms with Gasteiger partial charge in [0.15, 0.2) is 11.4 Å². The molecule has 2 N–H and O–H groups in total. The van der Waals surface area contributed by atoms with E-state index in [0.29, 0.717) is 24.8 Å². The molecule has 4 fully saturated rings. The largest absolute Gasteiger partial charge is 0.392 e. The summed E-state index contributed by atoms with van der Waals surface area (Å²) in [7, 11) is 0. The lowest BCUT2D eigenvalue weighted by Crippen LogP contribution is -2.56. The maximum absolute atomic E-state index is 13.2. The number of aliphatic hydroxyl groups excluding tert-OH is 2. The summed E-state index contributed by atoms with van der Waals surface area (Å²) < 4.78 is 5.74. The Morgan fingerprint density at radius 3 is 2.48 bits per heavy atom. The van der Waals surface area contributed by atoms with E-state index < -0.39 is 23.2 Å².